The van der Waals surface area contributed by atoms with Crippen molar-refractivity contribution < 1.29 is 8.42 Å². The number of allylic oxidation sites excluding steroid dienone is 1. The van der Waals surface area contributed by atoms with Crippen LogP contribution in [-0.2, 0) is 9.84 Å². The van der Waals surface area contributed by atoms with Gasteiger partial charge in [-0.05, 0) is 25.7 Å². The molecule has 0 heterocycles. The first-order chi connectivity index (χ1) is 5.00. The highest BCUT2D eigenvalue weighted by atomic mass is 32.2. The first-order valence-corrected chi connectivity index (χ1v) is 5.81. The van der Waals surface area contributed by atoms with Crippen LogP contribution in [0.15, 0.2) is 12.2 Å². The summed E-state index contributed by atoms with van der Waals surface area (Å²) in [6, 6.07) is 0. The second-order valence-electron chi connectivity index (χ2n) is 3.28. The Hall–Kier alpha value is -0.310. The third-order valence-corrected chi connectivity index (χ3v) is 3.93. The van der Waals surface area contributed by atoms with Crippen LogP contribution in [0.1, 0.15) is 25.7 Å². The van der Waals surface area contributed by atoms with Gasteiger partial charge in [-0.25, -0.2) is 8.42 Å². The SMILES string of the molecule is C=C1CCC(S(C)(=O)=O)CC1. The molecule has 0 aromatic rings. The van der Waals surface area contributed by atoms with Gasteiger partial charge in [0.1, 0.15) is 9.84 Å². The van der Waals surface area contributed by atoms with E-state index in [1.807, 2.05) is 0 Å². The smallest absolute Gasteiger partial charge is 0.150 e. The van der Waals surface area contributed by atoms with Crippen LogP contribution in [0.5, 0.6) is 0 Å². The summed E-state index contributed by atoms with van der Waals surface area (Å²) in [5.74, 6) is 0. The van der Waals surface area contributed by atoms with E-state index in [0.717, 1.165) is 25.7 Å². The van der Waals surface area contributed by atoms with Crippen molar-refractivity contribution in [3.8, 4) is 0 Å². The van der Waals surface area contributed by atoms with Crippen molar-refractivity contribution in [3.05, 3.63) is 12.2 Å². The van der Waals surface area contributed by atoms with Crippen molar-refractivity contribution in [2.24, 2.45) is 0 Å². The van der Waals surface area contributed by atoms with E-state index in [-0.39, 0.29) is 5.25 Å². The maximum absolute atomic E-state index is 11.1. The zero-order valence-corrected chi connectivity index (χ0v) is 7.65. The summed E-state index contributed by atoms with van der Waals surface area (Å²) >= 11 is 0. The molecule has 1 fully saturated rings. The van der Waals surface area contributed by atoms with Gasteiger partial charge in [0.25, 0.3) is 0 Å². The van der Waals surface area contributed by atoms with Crippen molar-refractivity contribution in [1.82, 2.24) is 0 Å². The summed E-state index contributed by atoms with van der Waals surface area (Å²) in [6.07, 6.45) is 4.65. The van der Waals surface area contributed by atoms with Gasteiger partial charge in [0.2, 0.25) is 0 Å². The zero-order valence-electron chi connectivity index (χ0n) is 6.84. The molecule has 64 valence electrons. The molecule has 1 saturated carbocycles. The molecule has 0 aromatic carbocycles. The molecule has 0 N–H and O–H groups in total. The molecule has 1 rings (SSSR count). The van der Waals surface area contributed by atoms with Crippen molar-refractivity contribution >= 4 is 9.84 Å². The third-order valence-electron chi connectivity index (χ3n) is 2.25. The zero-order chi connectivity index (χ0) is 8.48. The van der Waals surface area contributed by atoms with Crippen LogP contribution in [-0.4, -0.2) is 19.9 Å². The average Bonchev–Trinajstić information content (AvgIpc) is 1.86. The van der Waals surface area contributed by atoms with Crippen LogP contribution >= 0.6 is 0 Å². The molecule has 11 heavy (non-hydrogen) atoms. The molecule has 3 heteroatoms. The summed E-state index contributed by atoms with van der Waals surface area (Å²) in [7, 11) is -2.79. The number of sulfone groups is 1. The van der Waals surface area contributed by atoms with E-state index in [9.17, 15) is 8.42 Å². The van der Waals surface area contributed by atoms with Gasteiger partial charge in [0.15, 0.2) is 0 Å². The van der Waals surface area contributed by atoms with Crippen LogP contribution in [0.25, 0.3) is 0 Å². The quantitative estimate of drug-likeness (QED) is 0.565. The molecule has 0 saturated heterocycles. The Labute approximate surface area is 68.2 Å². The van der Waals surface area contributed by atoms with E-state index in [1.165, 1.54) is 11.8 Å². The van der Waals surface area contributed by atoms with Gasteiger partial charge in [0, 0.05) is 6.26 Å². The van der Waals surface area contributed by atoms with Gasteiger partial charge >= 0.3 is 0 Å². The van der Waals surface area contributed by atoms with Crippen LogP contribution in [0.2, 0.25) is 0 Å². The fourth-order valence-corrected chi connectivity index (χ4v) is 2.52. The molecule has 2 nitrogen and oxygen atoms in total. The summed E-state index contributed by atoms with van der Waals surface area (Å²) in [6.45, 7) is 3.84. The van der Waals surface area contributed by atoms with Gasteiger partial charge in [-0.2, -0.15) is 0 Å². The van der Waals surface area contributed by atoms with Crippen molar-refractivity contribution in [1.29, 1.82) is 0 Å². The molecule has 0 atom stereocenters. The maximum atomic E-state index is 11.1. The van der Waals surface area contributed by atoms with Crippen LogP contribution in [0, 0.1) is 0 Å². The van der Waals surface area contributed by atoms with E-state index < -0.39 is 9.84 Å². The summed E-state index contributed by atoms with van der Waals surface area (Å²) in [5.41, 5.74) is 1.20. The Morgan fingerprint density at radius 3 is 2.18 bits per heavy atom. The van der Waals surface area contributed by atoms with E-state index in [0.29, 0.717) is 0 Å². The first-order valence-electron chi connectivity index (χ1n) is 3.85. The molecule has 0 aliphatic heterocycles. The lowest BCUT2D eigenvalue weighted by atomic mass is 9.96. The van der Waals surface area contributed by atoms with Crippen molar-refractivity contribution in [2.75, 3.05) is 6.26 Å². The fourth-order valence-electron chi connectivity index (χ4n) is 1.43. The third kappa shape index (κ3) is 2.33. The van der Waals surface area contributed by atoms with Crippen molar-refractivity contribution in [2.45, 2.75) is 30.9 Å². The molecule has 1 aliphatic rings. The van der Waals surface area contributed by atoms with Crippen LogP contribution in [0.4, 0.5) is 0 Å². The number of hydrogen-bond donors (Lipinski definition) is 0. The highest BCUT2D eigenvalue weighted by Gasteiger charge is 2.23. The summed E-state index contributed by atoms with van der Waals surface area (Å²) in [5, 5.41) is -0.104. The second-order valence-corrected chi connectivity index (χ2v) is 5.60. The Kier molecular flexibility index (Phi) is 2.37. The molecular formula is C8H14O2S. The first kappa shape index (κ1) is 8.78. The Morgan fingerprint density at radius 2 is 1.82 bits per heavy atom. The van der Waals surface area contributed by atoms with E-state index in [2.05, 4.69) is 6.58 Å². The summed E-state index contributed by atoms with van der Waals surface area (Å²) < 4.78 is 22.1. The largest absolute Gasteiger partial charge is 0.229 e. The standard InChI is InChI=1S/C8H14O2S/c1-7-3-5-8(6-4-7)11(2,9)10/h8H,1,3-6H2,2H3. The molecular weight excluding hydrogens is 160 g/mol. The van der Waals surface area contributed by atoms with Crippen LogP contribution < -0.4 is 0 Å². The predicted octanol–water partition coefficient (Wildman–Crippen LogP) is 1.53. The molecule has 1 aliphatic carbocycles. The van der Waals surface area contributed by atoms with Gasteiger partial charge in [-0.3, -0.25) is 0 Å². The lowest BCUT2D eigenvalue weighted by Crippen LogP contribution is -2.23. The number of rotatable bonds is 1. The number of hydrogen-bond acceptors (Lipinski definition) is 2. The highest BCUT2D eigenvalue weighted by molar-refractivity contribution is 7.91. The molecule has 0 radical (unpaired) electrons. The monoisotopic (exact) mass is 174 g/mol. The Balaban J connectivity index is 2.60. The van der Waals surface area contributed by atoms with Crippen LogP contribution in [0.3, 0.4) is 0 Å². The summed E-state index contributed by atoms with van der Waals surface area (Å²) in [4.78, 5) is 0. The van der Waals surface area contributed by atoms with E-state index >= 15 is 0 Å². The normalized spacial score (nSPS) is 22.1. The molecule has 0 amide bonds. The molecule has 0 unspecified atom stereocenters. The Morgan fingerprint density at radius 1 is 1.36 bits per heavy atom. The van der Waals surface area contributed by atoms with Crippen molar-refractivity contribution in [3.63, 3.8) is 0 Å². The lowest BCUT2D eigenvalue weighted by molar-refractivity contribution is 0.543. The minimum atomic E-state index is -2.79. The minimum absolute atomic E-state index is 0.104. The molecule has 0 spiro atoms. The molecule has 0 bridgehead atoms. The van der Waals surface area contributed by atoms with Gasteiger partial charge in [0.05, 0.1) is 5.25 Å². The topological polar surface area (TPSA) is 34.1 Å². The fraction of sp³-hybridized carbons (Fsp3) is 0.750. The minimum Gasteiger partial charge on any atom is -0.229 e. The lowest BCUT2D eigenvalue weighted by Gasteiger charge is -2.21. The highest BCUT2D eigenvalue weighted by Crippen LogP contribution is 2.25. The predicted molar refractivity (Wildman–Crippen MR) is 46.2 cm³/mol. The van der Waals surface area contributed by atoms with E-state index in [4.69, 9.17) is 0 Å². The average molecular weight is 174 g/mol. The maximum Gasteiger partial charge on any atom is 0.150 e. The van der Waals surface area contributed by atoms with E-state index in [1.54, 1.807) is 0 Å². The van der Waals surface area contributed by atoms with Gasteiger partial charge < -0.3 is 0 Å². The van der Waals surface area contributed by atoms with Gasteiger partial charge in [-0.1, -0.05) is 12.2 Å². The molecule has 0 aromatic heterocycles. The second kappa shape index (κ2) is 2.97. The van der Waals surface area contributed by atoms with Gasteiger partial charge in [-0.15, -0.1) is 0 Å². The Bertz CT molecular complexity index is 241.